The number of ether oxygens (including phenoxy) is 1. The van der Waals surface area contributed by atoms with E-state index in [0.717, 1.165) is 11.3 Å². The van der Waals surface area contributed by atoms with Crippen molar-refractivity contribution in [2.75, 3.05) is 11.9 Å². The lowest BCUT2D eigenvalue weighted by Gasteiger charge is -2.45. The Morgan fingerprint density at radius 3 is 2.32 bits per heavy atom. The highest BCUT2D eigenvalue weighted by atomic mass is 16.5. The molecular weight excluding hydrogens is 306 g/mol. The van der Waals surface area contributed by atoms with Gasteiger partial charge in [-0.3, -0.25) is 0 Å². The fraction of sp³-hybridized carbons (Fsp3) is 0.217. The lowest BCUT2D eigenvalue weighted by Crippen LogP contribution is -2.58. The van der Waals surface area contributed by atoms with Crippen LogP contribution in [-0.2, 0) is 5.41 Å². The fourth-order valence-electron chi connectivity index (χ4n) is 4.46. The van der Waals surface area contributed by atoms with Crippen molar-refractivity contribution in [1.82, 2.24) is 0 Å². The maximum Gasteiger partial charge on any atom is 0.211 e. The van der Waals surface area contributed by atoms with E-state index in [1.54, 1.807) is 0 Å². The Balaban J connectivity index is 1.70. The van der Waals surface area contributed by atoms with E-state index in [1.807, 2.05) is 0 Å². The largest absolute Gasteiger partial charge is 0.463 e. The summed E-state index contributed by atoms with van der Waals surface area (Å²) >= 11 is 0. The fourth-order valence-corrected chi connectivity index (χ4v) is 4.46. The highest BCUT2D eigenvalue weighted by Crippen LogP contribution is 2.54. The van der Waals surface area contributed by atoms with Crippen molar-refractivity contribution in [2.24, 2.45) is 0 Å². The molecule has 2 aliphatic rings. The monoisotopic (exact) mass is 327 g/mol. The molecule has 0 radical (unpaired) electrons. The first kappa shape index (κ1) is 14.6. The van der Waals surface area contributed by atoms with Crippen LogP contribution in [0.3, 0.4) is 0 Å². The Morgan fingerprint density at radius 2 is 1.56 bits per heavy atom. The van der Waals surface area contributed by atoms with Crippen LogP contribution in [0.1, 0.15) is 25.0 Å². The van der Waals surface area contributed by atoms with Gasteiger partial charge in [-0.1, -0.05) is 42.5 Å². The average molecular weight is 327 g/mol. The third kappa shape index (κ3) is 1.74. The minimum Gasteiger partial charge on any atom is -0.463 e. The third-order valence-corrected chi connectivity index (χ3v) is 5.97. The molecule has 0 saturated carbocycles. The van der Waals surface area contributed by atoms with Crippen LogP contribution in [-0.4, -0.2) is 12.8 Å². The second-order valence-corrected chi connectivity index (χ2v) is 7.57. The molecule has 124 valence electrons. The van der Waals surface area contributed by atoms with Gasteiger partial charge in [0.2, 0.25) is 5.72 Å². The minimum atomic E-state index is -0.508. The molecular formula is C23H21NO. The predicted molar refractivity (Wildman–Crippen MR) is 104 cm³/mol. The number of anilines is 1. The highest BCUT2D eigenvalue weighted by molar-refractivity contribution is 5.88. The van der Waals surface area contributed by atoms with Gasteiger partial charge >= 0.3 is 0 Å². The average Bonchev–Trinajstić information content (AvgIpc) is 2.79. The Morgan fingerprint density at radius 1 is 0.880 bits per heavy atom. The normalized spacial score (nSPS) is 22.8. The van der Waals surface area contributed by atoms with E-state index in [-0.39, 0.29) is 5.41 Å². The summed E-state index contributed by atoms with van der Waals surface area (Å²) in [5.74, 6) is 0.953. The van der Waals surface area contributed by atoms with Crippen LogP contribution >= 0.6 is 0 Å². The molecule has 3 aromatic rings. The van der Waals surface area contributed by atoms with Crippen LogP contribution in [0.5, 0.6) is 5.75 Å². The molecule has 1 atom stereocenters. The Bertz CT molecular complexity index is 1030. The second-order valence-electron chi connectivity index (χ2n) is 7.57. The molecule has 1 spiro atoms. The Kier molecular flexibility index (Phi) is 2.72. The highest BCUT2D eigenvalue weighted by Gasteiger charge is 2.57. The number of nitrogens with zero attached hydrogens (tertiary/aromatic N) is 1. The number of hydrogen-bond acceptors (Lipinski definition) is 2. The van der Waals surface area contributed by atoms with Crippen molar-refractivity contribution in [3.05, 3.63) is 77.9 Å². The molecule has 0 amide bonds. The summed E-state index contributed by atoms with van der Waals surface area (Å²) in [5.41, 5.74) is 3.04. The van der Waals surface area contributed by atoms with E-state index >= 15 is 0 Å². The third-order valence-electron chi connectivity index (χ3n) is 5.97. The van der Waals surface area contributed by atoms with Crippen molar-refractivity contribution >= 4 is 22.5 Å². The summed E-state index contributed by atoms with van der Waals surface area (Å²) in [6.45, 7) is 4.54. The van der Waals surface area contributed by atoms with Crippen LogP contribution in [0.15, 0.2) is 66.7 Å². The molecule has 5 rings (SSSR count). The zero-order valence-electron chi connectivity index (χ0n) is 14.8. The van der Waals surface area contributed by atoms with Gasteiger partial charge in [0, 0.05) is 18.3 Å². The van der Waals surface area contributed by atoms with Gasteiger partial charge in [-0.15, -0.1) is 0 Å². The zero-order chi connectivity index (χ0) is 17.2. The number of para-hydroxylation sites is 1. The summed E-state index contributed by atoms with van der Waals surface area (Å²) in [6, 6.07) is 21.4. The van der Waals surface area contributed by atoms with Crippen molar-refractivity contribution in [2.45, 2.75) is 25.0 Å². The molecule has 0 saturated heterocycles. The van der Waals surface area contributed by atoms with Crippen molar-refractivity contribution < 1.29 is 4.74 Å². The van der Waals surface area contributed by atoms with E-state index < -0.39 is 5.72 Å². The summed E-state index contributed by atoms with van der Waals surface area (Å²) in [7, 11) is 2.13. The lowest BCUT2D eigenvalue weighted by molar-refractivity contribution is 0.0583. The van der Waals surface area contributed by atoms with Gasteiger partial charge in [-0.25, -0.2) is 0 Å². The maximum atomic E-state index is 6.74. The SMILES string of the molecule is CN1c2ccccc2C(C)(C)[C@@]12C=Cc1cc3ccccc3cc1O2. The minimum absolute atomic E-state index is 0.155. The summed E-state index contributed by atoms with van der Waals surface area (Å²) < 4.78 is 6.74. The zero-order valence-corrected chi connectivity index (χ0v) is 14.8. The summed E-state index contributed by atoms with van der Waals surface area (Å²) in [5, 5.41) is 2.45. The Labute approximate surface area is 148 Å². The van der Waals surface area contributed by atoms with Crippen LogP contribution in [0.4, 0.5) is 5.69 Å². The topological polar surface area (TPSA) is 12.5 Å². The Hall–Kier alpha value is -2.74. The smallest absolute Gasteiger partial charge is 0.211 e. The van der Waals surface area contributed by atoms with E-state index in [9.17, 15) is 0 Å². The molecule has 0 aromatic heterocycles. The number of benzene rings is 3. The first-order chi connectivity index (χ1) is 12.0. The standard InChI is InChI=1S/C23H21NO/c1-22(2)19-10-6-7-11-20(19)24(3)23(22)13-12-18-14-16-8-4-5-9-17(16)15-21(18)25-23/h4-15H,1-3H3/t23-/m0/s1. The van der Waals surface area contributed by atoms with E-state index in [0.29, 0.717) is 0 Å². The van der Waals surface area contributed by atoms with Gasteiger partial charge in [0.15, 0.2) is 0 Å². The lowest BCUT2D eigenvalue weighted by atomic mass is 9.76. The van der Waals surface area contributed by atoms with Gasteiger partial charge in [-0.2, -0.15) is 0 Å². The van der Waals surface area contributed by atoms with Crippen LogP contribution in [0.25, 0.3) is 16.8 Å². The number of fused-ring (bicyclic) bond motifs is 3. The summed E-state index contributed by atoms with van der Waals surface area (Å²) in [4.78, 5) is 2.27. The van der Waals surface area contributed by atoms with E-state index in [4.69, 9.17) is 4.74 Å². The molecule has 2 aliphatic heterocycles. The molecule has 0 bridgehead atoms. The molecule has 2 heteroatoms. The maximum absolute atomic E-state index is 6.74. The molecule has 2 nitrogen and oxygen atoms in total. The molecule has 25 heavy (non-hydrogen) atoms. The predicted octanol–water partition coefficient (Wildman–Crippen LogP) is 5.37. The van der Waals surface area contributed by atoms with Crippen molar-refractivity contribution in [3.8, 4) is 5.75 Å². The van der Waals surface area contributed by atoms with Gasteiger partial charge in [-0.05, 0) is 60.5 Å². The summed E-state index contributed by atoms with van der Waals surface area (Å²) in [6.07, 6.45) is 4.44. The number of hydrogen-bond donors (Lipinski definition) is 0. The number of likely N-dealkylation sites (N-methyl/N-ethyl adjacent to an activating group) is 1. The molecule has 0 aliphatic carbocycles. The molecule has 0 fully saturated rings. The molecule has 0 N–H and O–H groups in total. The van der Waals surface area contributed by atoms with Crippen LogP contribution in [0.2, 0.25) is 0 Å². The second kappa shape index (κ2) is 4.66. The molecule has 3 aromatic carbocycles. The quantitative estimate of drug-likeness (QED) is 0.550. The van der Waals surface area contributed by atoms with E-state index in [1.165, 1.54) is 22.0 Å². The van der Waals surface area contributed by atoms with E-state index in [2.05, 4.69) is 98.6 Å². The van der Waals surface area contributed by atoms with Crippen molar-refractivity contribution in [1.29, 1.82) is 0 Å². The number of rotatable bonds is 0. The molecule has 2 heterocycles. The van der Waals surface area contributed by atoms with Gasteiger partial charge in [0.05, 0.1) is 5.41 Å². The van der Waals surface area contributed by atoms with Crippen molar-refractivity contribution in [3.63, 3.8) is 0 Å². The van der Waals surface area contributed by atoms with Gasteiger partial charge < -0.3 is 9.64 Å². The van der Waals surface area contributed by atoms with Gasteiger partial charge in [0.1, 0.15) is 5.75 Å². The molecule has 0 unspecified atom stereocenters. The van der Waals surface area contributed by atoms with Crippen LogP contribution < -0.4 is 9.64 Å². The first-order valence-corrected chi connectivity index (χ1v) is 8.77. The first-order valence-electron chi connectivity index (χ1n) is 8.77. The van der Waals surface area contributed by atoms with Crippen LogP contribution in [0, 0.1) is 0 Å². The van der Waals surface area contributed by atoms with Gasteiger partial charge in [0.25, 0.3) is 0 Å².